The molecule has 0 fully saturated rings. The Morgan fingerprint density at radius 3 is 2.74 bits per heavy atom. The first-order chi connectivity index (χ1) is 13.1. The maximum absolute atomic E-state index is 12.1. The number of rotatable bonds is 8. The van der Waals surface area contributed by atoms with Crippen LogP contribution in [0.1, 0.15) is 12.0 Å². The first kappa shape index (κ1) is 18.8. The lowest BCUT2D eigenvalue weighted by Gasteiger charge is -2.12. The molecule has 1 aromatic heterocycles. The fourth-order valence-corrected chi connectivity index (χ4v) is 2.80. The molecule has 7 heteroatoms. The van der Waals surface area contributed by atoms with E-state index in [9.17, 15) is 4.79 Å². The van der Waals surface area contributed by atoms with E-state index >= 15 is 0 Å². The van der Waals surface area contributed by atoms with Crippen molar-refractivity contribution in [1.29, 1.82) is 0 Å². The van der Waals surface area contributed by atoms with E-state index in [0.29, 0.717) is 30.3 Å². The van der Waals surface area contributed by atoms with Gasteiger partial charge in [-0.15, -0.1) is 0 Å². The summed E-state index contributed by atoms with van der Waals surface area (Å²) in [5.41, 5.74) is 2.65. The molecule has 6 nitrogen and oxygen atoms in total. The molecule has 27 heavy (non-hydrogen) atoms. The SMILES string of the molecule is COc1ccc(Cl)cc1NCCC(=O)Nc1ccc(Cn2cccn2)cc1. The summed E-state index contributed by atoms with van der Waals surface area (Å²) in [4.78, 5) is 12.1. The second-order valence-corrected chi connectivity index (χ2v) is 6.41. The van der Waals surface area contributed by atoms with Crippen LogP contribution in [0.3, 0.4) is 0 Å². The minimum absolute atomic E-state index is 0.0664. The number of carbonyl (C=O) groups is 1. The molecule has 3 rings (SSSR count). The van der Waals surface area contributed by atoms with Gasteiger partial charge in [-0.05, 0) is 42.0 Å². The molecule has 1 heterocycles. The summed E-state index contributed by atoms with van der Waals surface area (Å²) in [6.45, 7) is 1.17. The van der Waals surface area contributed by atoms with Gasteiger partial charge in [-0.2, -0.15) is 5.10 Å². The van der Waals surface area contributed by atoms with E-state index in [2.05, 4.69) is 15.7 Å². The number of amides is 1. The lowest BCUT2D eigenvalue weighted by Crippen LogP contribution is -2.16. The fourth-order valence-electron chi connectivity index (χ4n) is 2.63. The van der Waals surface area contributed by atoms with Gasteiger partial charge >= 0.3 is 0 Å². The first-order valence-electron chi connectivity index (χ1n) is 8.57. The molecule has 0 radical (unpaired) electrons. The number of carbonyl (C=O) groups excluding carboxylic acids is 1. The number of aromatic nitrogens is 2. The van der Waals surface area contributed by atoms with Crippen molar-refractivity contribution in [3.05, 3.63) is 71.5 Å². The number of ether oxygens (including phenoxy) is 1. The highest BCUT2D eigenvalue weighted by molar-refractivity contribution is 6.30. The topological polar surface area (TPSA) is 68.2 Å². The van der Waals surface area contributed by atoms with Gasteiger partial charge in [-0.25, -0.2) is 0 Å². The van der Waals surface area contributed by atoms with Crippen molar-refractivity contribution in [3.8, 4) is 5.75 Å². The molecule has 0 aliphatic heterocycles. The number of nitrogens with one attached hydrogen (secondary N) is 2. The van der Waals surface area contributed by atoms with Gasteiger partial charge < -0.3 is 15.4 Å². The molecule has 0 aliphatic rings. The van der Waals surface area contributed by atoms with Gasteiger partial charge in [0, 0.05) is 36.1 Å². The Balaban J connectivity index is 1.47. The Labute approximate surface area is 163 Å². The molecule has 3 aromatic rings. The molecule has 0 saturated heterocycles. The molecule has 2 aromatic carbocycles. The van der Waals surface area contributed by atoms with E-state index < -0.39 is 0 Å². The zero-order valence-corrected chi connectivity index (χ0v) is 15.7. The first-order valence-corrected chi connectivity index (χ1v) is 8.95. The lowest BCUT2D eigenvalue weighted by atomic mass is 10.2. The van der Waals surface area contributed by atoms with Gasteiger partial charge in [0.25, 0.3) is 0 Å². The number of methoxy groups -OCH3 is 1. The number of anilines is 2. The molecular weight excluding hydrogens is 364 g/mol. The average molecular weight is 385 g/mol. The Kier molecular flexibility index (Phi) is 6.33. The summed E-state index contributed by atoms with van der Waals surface area (Å²) in [6.07, 6.45) is 3.99. The molecule has 2 N–H and O–H groups in total. The maximum Gasteiger partial charge on any atom is 0.226 e. The van der Waals surface area contributed by atoms with E-state index in [1.54, 1.807) is 31.5 Å². The summed E-state index contributed by atoms with van der Waals surface area (Å²) in [5.74, 6) is 0.621. The predicted octanol–water partition coefficient (Wildman–Crippen LogP) is 4.03. The number of hydrogen-bond donors (Lipinski definition) is 2. The second kappa shape index (κ2) is 9.09. The third-order valence-electron chi connectivity index (χ3n) is 3.97. The van der Waals surface area contributed by atoms with Crippen molar-refractivity contribution >= 4 is 28.9 Å². The lowest BCUT2D eigenvalue weighted by molar-refractivity contribution is -0.115. The van der Waals surface area contributed by atoms with E-state index in [1.807, 2.05) is 41.2 Å². The van der Waals surface area contributed by atoms with Crippen LogP contribution < -0.4 is 15.4 Å². The number of nitrogens with zero attached hydrogens (tertiary/aromatic N) is 2. The van der Waals surface area contributed by atoms with Crippen LogP contribution in [-0.4, -0.2) is 29.3 Å². The van der Waals surface area contributed by atoms with Crippen LogP contribution in [0.25, 0.3) is 0 Å². The van der Waals surface area contributed by atoms with Crippen LogP contribution in [-0.2, 0) is 11.3 Å². The van der Waals surface area contributed by atoms with Crippen LogP contribution >= 0.6 is 11.6 Å². The third kappa shape index (κ3) is 5.49. The van der Waals surface area contributed by atoms with Crippen LogP contribution in [0.4, 0.5) is 11.4 Å². The molecule has 0 aliphatic carbocycles. The molecule has 0 atom stereocenters. The minimum Gasteiger partial charge on any atom is -0.495 e. The normalized spacial score (nSPS) is 10.4. The van der Waals surface area contributed by atoms with Crippen molar-refractivity contribution in [2.45, 2.75) is 13.0 Å². The predicted molar refractivity (Wildman–Crippen MR) is 108 cm³/mol. The van der Waals surface area contributed by atoms with Gasteiger partial charge in [-0.1, -0.05) is 23.7 Å². The van der Waals surface area contributed by atoms with Crippen LogP contribution in [0.2, 0.25) is 5.02 Å². The van der Waals surface area contributed by atoms with Gasteiger partial charge in [-0.3, -0.25) is 9.48 Å². The minimum atomic E-state index is -0.0664. The van der Waals surface area contributed by atoms with Gasteiger partial charge in [0.05, 0.1) is 19.3 Å². The van der Waals surface area contributed by atoms with Crippen LogP contribution in [0, 0.1) is 0 Å². The quantitative estimate of drug-likeness (QED) is 0.615. The Hall–Kier alpha value is -2.99. The standard InChI is InChI=1S/C20H21ClN4O2/c1-27-19-8-5-16(21)13-18(19)22-11-9-20(26)24-17-6-3-15(4-7-17)14-25-12-2-10-23-25/h2-8,10,12-13,22H,9,11,14H2,1H3,(H,24,26). The molecular formula is C20H21ClN4O2. The number of halogens is 1. The van der Waals surface area contributed by atoms with Crippen molar-refractivity contribution < 1.29 is 9.53 Å². The van der Waals surface area contributed by atoms with Crippen molar-refractivity contribution in [2.24, 2.45) is 0 Å². The molecule has 0 bridgehead atoms. The van der Waals surface area contributed by atoms with Crippen molar-refractivity contribution in [3.63, 3.8) is 0 Å². The molecule has 140 valence electrons. The second-order valence-electron chi connectivity index (χ2n) is 5.97. The van der Waals surface area contributed by atoms with E-state index in [0.717, 1.165) is 16.9 Å². The summed E-state index contributed by atoms with van der Waals surface area (Å²) < 4.78 is 7.12. The highest BCUT2D eigenvalue weighted by Crippen LogP contribution is 2.27. The number of benzene rings is 2. The van der Waals surface area contributed by atoms with E-state index in [4.69, 9.17) is 16.3 Å². The van der Waals surface area contributed by atoms with Crippen molar-refractivity contribution in [2.75, 3.05) is 24.3 Å². The largest absolute Gasteiger partial charge is 0.495 e. The highest BCUT2D eigenvalue weighted by Gasteiger charge is 2.06. The molecule has 0 saturated carbocycles. The van der Waals surface area contributed by atoms with Crippen LogP contribution in [0.5, 0.6) is 5.75 Å². The van der Waals surface area contributed by atoms with E-state index in [-0.39, 0.29) is 5.91 Å². The third-order valence-corrected chi connectivity index (χ3v) is 4.21. The van der Waals surface area contributed by atoms with Gasteiger partial charge in [0.1, 0.15) is 5.75 Å². The molecule has 1 amide bonds. The van der Waals surface area contributed by atoms with Crippen LogP contribution in [0.15, 0.2) is 60.9 Å². The monoisotopic (exact) mass is 384 g/mol. The Morgan fingerprint density at radius 2 is 2.04 bits per heavy atom. The average Bonchev–Trinajstić information content (AvgIpc) is 3.17. The van der Waals surface area contributed by atoms with E-state index in [1.165, 1.54) is 0 Å². The smallest absolute Gasteiger partial charge is 0.226 e. The maximum atomic E-state index is 12.1. The number of hydrogen-bond acceptors (Lipinski definition) is 4. The Morgan fingerprint density at radius 1 is 1.22 bits per heavy atom. The summed E-state index contributed by atoms with van der Waals surface area (Å²) >= 11 is 6.00. The molecule has 0 unspecified atom stereocenters. The highest BCUT2D eigenvalue weighted by atomic mass is 35.5. The van der Waals surface area contributed by atoms with Gasteiger partial charge in [0.15, 0.2) is 0 Å². The zero-order valence-electron chi connectivity index (χ0n) is 15.0. The van der Waals surface area contributed by atoms with Crippen molar-refractivity contribution in [1.82, 2.24) is 9.78 Å². The molecule has 0 spiro atoms. The fraction of sp³-hybridized carbons (Fsp3) is 0.200. The summed E-state index contributed by atoms with van der Waals surface area (Å²) in [7, 11) is 1.59. The Bertz CT molecular complexity index is 880. The summed E-state index contributed by atoms with van der Waals surface area (Å²) in [6, 6.07) is 15.0. The summed E-state index contributed by atoms with van der Waals surface area (Å²) in [5, 5.41) is 10.9. The van der Waals surface area contributed by atoms with Gasteiger partial charge in [0.2, 0.25) is 5.91 Å². The zero-order chi connectivity index (χ0) is 19.1.